The minimum absolute atomic E-state index is 0.327. The summed E-state index contributed by atoms with van der Waals surface area (Å²) in [4.78, 5) is 8.89. The molecular formula is C23H30N6. The number of guanidine groups is 1. The lowest BCUT2D eigenvalue weighted by Crippen LogP contribution is -2.42. The van der Waals surface area contributed by atoms with Crippen molar-refractivity contribution in [2.24, 2.45) is 4.99 Å². The van der Waals surface area contributed by atoms with Gasteiger partial charge in [0.05, 0.1) is 5.69 Å². The zero-order valence-electron chi connectivity index (χ0n) is 17.7. The molecule has 0 fully saturated rings. The molecule has 2 aromatic heterocycles. The molecule has 0 saturated heterocycles. The number of aryl methyl sites for hydroxylation is 3. The lowest BCUT2D eigenvalue weighted by molar-refractivity contribution is 0.593. The predicted octanol–water partition coefficient (Wildman–Crippen LogP) is 3.57. The second-order valence-electron chi connectivity index (χ2n) is 7.36. The Morgan fingerprint density at radius 3 is 2.52 bits per heavy atom. The highest BCUT2D eigenvalue weighted by Crippen LogP contribution is 2.10. The summed E-state index contributed by atoms with van der Waals surface area (Å²) in [6, 6.07) is 17.0. The van der Waals surface area contributed by atoms with E-state index in [1.807, 2.05) is 36.9 Å². The molecule has 29 heavy (non-hydrogen) atoms. The van der Waals surface area contributed by atoms with E-state index in [1.54, 1.807) is 7.05 Å². The highest BCUT2D eigenvalue weighted by atomic mass is 15.3. The summed E-state index contributed by atoms with van der Waals surface area (Å²) in [5.74, 6) is 1.63. The third-order valence-electron chi connectivity index (χ3n) is 4.81. The van der Waals surface area contributed by atoms with Crippen LogP contribution in [0.15, 0.2) is 59.7 Å². The van der Waals surface area contributed by atoms with E-state index in [1.165, 1.54) is 5.56 Å². The van der Waals surface area contributed by atoms with Crippen LogP contribution in [0, 0.1) is 13.8 Å². The van der Waals surface area contributed by atoms with Crippen molar-refractivity contribution in [3.05, 3.63) is 77.2 Å². The summed E-state index contributed by atoms with van der Waals surface area (Å²) in [5, 5.41) is 11.3. The quantitative estimate of drug-likeness (QED) is 0.478. The molecule has 6 heteroatoms. The summed E-state index contributed by atoms with van der Waals surface area (Å²) in [7, 11) is 1.80. The fourth-order valence-corrected chi connectivity index (χ4v) is 3.22. The maximum absolute atomic E-state index is 4.55. The Hall–Kier alpha value is -3.15. The van der Waals surface area contributed by atoms with Gasteiger partial charge < -0.3 is 10.6 Å². The molecule has 6 nitrogen and oxygen atoms in total. The number of pyridine rings is 1. The first kappa shape index (κ1) is 20.6. The molecule has 0 radical (unpaired) electrons. The van der Waals surface area contributed by atoms with Crippen LogP contribution in [0.2, 0.25) is 0 Å². The number of benzene rings is 1. The Bertz CT molecular complexity index is 928. The van der Waals surface area contributed by atoms with Gasteiger partial charge in [0.25, 0.3) is 0 Å². The van der Waals surface area contributed by atoms with Crippen molar-refractivity contribution in [3.63, 3.8) is 0 Å². The van der Waals surface area contributed by atoms with E-state index in [-0.39, 0.29) is 0 Å². The van der Waals surface area contributed by atoms with Gasteiger partial charge in [-0.1, -0.05) is 36.4 Å². The van der Waals surface area contributed by atoms with Crippen molar-refractivity contribution in [3.8, 4) is 5.82 Å². The van der Waals surface area contributed by atoms with Gasteiger partial charge in [0.1, 0.15) is 0 Å². The van der Waals surface area contributed by atoms with Gasteiger partial charge in [-0.2, -0.15) is 5.10 Å². The fourth-order valence-electron chi connectivity index (χ4n) is 3.22. The van der Waals surface area contributed by atoms with Crippen LogP contribution >= 0.6 is 0 Å². The average Bonchev–Trinajstić information content (AvgIpc) is 3.08. The molecule has 0 aliphatic carbocycles. The predicted molar refractivity (Wildman–Crippen MR) is 118 cm³/mol. The molecule has 0 amide bonds. The third kappa shape index (κ3) is 5.91. The number of hydrogen-bond donors (Lipinski definition) is 2. The van der Waals surface area contributed by atoms with Gasteiger partial charge in [-0.05, 0) is 56.9 Å². The van der Waals surface area contributed by atoms with Crippen molar-refractivity contribution >= 4 is 5.96 Å². The molecule has 0 spiro atoms. The lowest BCUT2D eigenvalue weighted by Gasteiger charge is -2.18. The minimum Gasteiger partial charge on any atom is -0.354 e. The molecule has 3 aromatic rings. The molecule has 2 heterocycles. The average molecular weight is 391 g/mol. The second-order valence-corrected chi connectivity index (χ2v) is 7.36. The lowest BCUT2D eigenvalue weighted by atomic mass is 10.1. The SMILES string of the molecule is CN=C(NCc1ccc(-n2nc(C)cc2C)nc1)NC(C)CCc1ccccc1. The Kier molecular flexibility index (Phi) is 7.00. The van der Waals surface area contributed by atoms with E-state index in [2.05, 4.69) is 69.0 Å². The van der Waals surface area contributed by atoms with E-state index in [9.17, 15) is 0 Å². The maximum atomic E-state index is 4.55. The zero-order valence-corrected chi connectivity index (χ0v) is 17.7. The summed E-state index contributed by atoms with van der Waals surface area (Å²) in [6.07, 6.45) is 3.97. The molecular weight excluding hydrogens is 360 g/mol. The van der Waals surface area contributed by atoms with E-state index in [0.717, 1.165) is 41.6 Å². The normalized spacial score (nSPS) is 12.6. The molecule has 3 rings (SSSR count). The van der Waals surface area contributed by atoms with E-state index in [0.29, 0.717) is 12.6 Å². The molecule has 2 N–H and O–H groups in total. The second kappa shape index (κ2) is 9.87. The first-order chi connectivity index (χ1) is 14.0. The number of nitrogens with one attached hydrogen (secondary N) is 2. The van der Waals surface area contributed by atoms with Crippen molar-refractivity contribution in [2.75, 3.05) is 7.05 Å². The first-order valence-electron chi connectivity index (χ1n) is 10.0. The summed E-state index contributed by atoms with van der Waals surface area (Å²) < 4.78 is 1.86. The molecule has 0 bridgehead atoms. The number of aromatic nitrogens is 3. The Morgan fingerprint density at radius 2 is 1.90 bits per heavy atom. The molecule has 1 unspecified atom stereocenters. The molecule has 1 aromatic carbocycles. The highest BCUT2D eigenvalue weighted by molar-refractivity contribution is 5.79. The van der Waals surface area contributed by atoms with Gasteiger partial charge in [0.15, 0.2) is 11.8 Å². The molecule has 0 aliphatic rings. The number of rotatable bonds is 7. The smallest absolute Gasteiger partial charge is 0.191 e. The molecule has 0 aliphatic heterocycles. The topological polar surface area (TPSA) is 67.1 Å². The maximum Gasteiger partial charge on any atom is 0.191 e. The molecule has 1 atom stereocenters. The minimum atomic E-state index is 0.327. The summed E-state index contributed by atoms with van der Waals surface area (Å²) in [6.45, 7) is 6.86. The highest BCUT2D eigenvalue weighted by Gasteiger charge is 2.07. The van der Waals surface area contributed by atoms with Gasteiger partial charge in [-0.25, -0.2) is 9.67 Å². The van der Waals surface area contributed by atoms with Crippen LogP contribution in [0.4, 0.5) is 0 Å². The van der Waals surface area contributed by atoms with Crippen LogP contribution in [0.25, 0.3) is 5.82 Å². The Morgan fingerprint density at radius 1 is 1.10 bits per heavy atom. The van der Waals surface area contributed by atoms with Crippen LogP contribution in [-0.4, -0.2) is 33.8 Å². The van der Waals surface area contributed by atoms with E-state index >= 15 is 0 Å². The Balaban J connectivity index is 1.49. The number of hydrogen-bond acceptors (Lipinski definition) is 3. The van der Waals surface area contributed by atoms with E-state index < -0.39 is 0 Å². The van der Waals surface area contributed by atoms with Crippen LogP contribution in [0.1, 0.15) is 35.9 Å². The van der Waals surface area contributed by atoms with Gasteiger partial charge >= 0.3 is 0 Å². The van der Waals surface area contributed by atoms with Gasteiger partial charge in [0.2, 0.25) is 0 Å². The van der Waals surface area contributed by atoms with Crippen LogP contribution in [0.3, 0.4) is 0 Å². The van der Waals surface area contributed by atoms with Gasteiger partial charge in [-0.15, -0.1) is 0 Å². The molecule has 152 valence electrons. The van der Waals surface area contributed by atoms with Crippen molar-refractivity contribution in [1.82, 2.24) is 25.4 Å². The summed E-state index contributed by atoms with van der Waals surface area (Å²) >= 11 is 0. The third-order valence-corrected chi connectivity index (χ3v) is 4.81. The zero-order chi connectivity index (χ0) is 20.6. The monoisotopic (exact) mass is 390 g/mol. The largest absolute Gasteiger partial charge is 0.354 e. The van der Waals surface area contributed by atoms with Crippen LogP contribution in [-0.2, 0) is 13.0 Å². The van der Waals surface area contributed by atoms with Crippen molar-refractivity contribution in [2.45, 2.75) is 46.2 Å². The fraction of sp³-hybridized carbons (Fsp3) is 0.348. The van der Waals surface area contributed by atoms with Crippen molar-refractivity contribution < 1.29 is 0 Å². The standard InChI is InChI=1S/C23H30N6/c1-17(10-11-20-8-6-5-7-9-20)27-23(24-4)26-16-21-12-13-22(25-15-21)29-19(3)14-18(2)28-29/h5-9,12-15,17H,10-11,16H2,1-4H3,(H2,24,26,27). The number of aliphatic imine (C=N–C) groups is 1. The van der Waals surface area contributed by atoms with Crippen LogP contribution in [0.5, 0.6) is 0 Å². The van der Waals surface area contributed by atoms with Crippen molar-refractivity contribution in [1.29, 1.82) is 0 Å². The van der Waals surface area contributed by atoms with Crippen LogP contribution < -0.4 is 10.6 Å². The number of nitrogens with zero attached hydrogens (tertiary/aromatic N) is 4. The van der Waals surface area contributed by atoms with Gasteiger partial charge in [0, 0.05) is 31.5 Å². The summed E-state index contributed by atoms with van der Waals surface area (Å²) in [5.41, 5.74) is 4.52. The van der Waals surface area contributed by atoms with E-state index in [4.69, 9.17) is 0 Å². The Labute approximate surface area is 173 Å². The van der Waals surface area contributed by atoms with Gasteiger partial charge in [-0.3, -0.25) is 4.99 Å². The molecule has 0 saturated carbocycles. The first-order valence-corrected chi connectivity index (χ1v) is 10.0.